The highest BCUT2D eigenvalue weighted by molar-refractivity contribution is 5.59. The lowest BCUT2D eigenvalue weighted by atomic mass is 10.2. The molecule has 0 amide bonds. The van der Waals surface area contributed by atoms with Gasteiger partial charge in [-0.15, -0.1) is 0 Å². The van der Waals surface area contributed by atoms with Crippen LogP contribution in [0.4, 0.5) is 5.69 Å². The van der Waals surface area contributed by atoms with Crippen LogP contribution in [-0.4, -0.2) is 14.1 Å². The summed E-state index contributed by atoms with van der Waals surface area (Å²) in [5.74, 6) is 0. The Bertz CT molecular complexity index is 622. The maximum Gasteiger partial charge on any atom is 0.176 e. The van der Waals surface area contributed by atoms with Gasteiger partial charge in [0.2, 0.25) is 0 Å². The minimum absolute atomic E-state index is 0.996. The summed E-state index contributed by atoms with van der Waals surface area (Å²) in [6, 6.07) is 12.7. The maximum absolute atomic E-state index is 2.17. The van der Waals surface area contributed by atoms with E-state index in [1.165, 1.54) is 16.8 Å². The van der Waals surface area contributed by atoms with Crippen molar-refractivity contribution in [1.29, 1.82) is 0 Å². The molecule has 108 valence electrons. The lowest BCUT2D eigenvalue weighted by molar-refractivity contribution is -0.693. The van der Waals surface area contributed by atoms with Crippen LogP contribution in [0, 0.1) is 0 Å². The summed E-state index contributed by atoms with van der Waals surface area (Å²) >= 11 is 0. The van der Waals surface area contributed by atoms with Crippen molar-refractivity contribution in [3.63, 3.8) is 0 Å². The predicted molar refractivity (Wildman–Crippen MR) is 91.1 cm³/mol. The number of rotatable bonds is 5. The number of benzene rings is 1. The van der Waals surface area contributed by atoms with Crippen LogP contribution in [-0.2, 0) is 6.54 Å². The molecule has 0 atom stereocenters. The van der Waals surface area contributed by atoms with E-state index in [4.69, 9.17) is 0 Å². The Morgan fingerprint density at radius 1 is 0.952 bits per heavy atom. The molecule has 2 rings (SSSR count). The molecule has 0 saturated heterocycles. The molecule has 0 aliphatic rings. The van der Waals surface area contributed by atoms with Gasteiger partial charge in [0, 0.05) is 31.4 Å². The fourth-order valence-electron chi connectivity index (χ4n) is 2.05. The normalized spacial score (nSPS) is 11.4. The van der Waals surface area contributed by atoms with Gasteiger partial charge >= 0.3 is 0 Å². The third-order valence-corrected chi connectivity index (χ3v) is 3.34. The Hall–Kier alpha value is -2.35. The van der Waals surface area contributed by atoms with Crippen LogP contribution in [0.3, 0.4) is 0 Å². The third kappa shape index (κ3) is 4.60. The highest BCUT2D eigenvalue weighted by Gasteiger charge is 1.95. The van der Waals surface area contributed by atoms with Gasteiger partial charge < -0.3 is 4.90 Å². The Morgan fingerprint density at radius 3 is 2.24 bits per heavy atom. The lowest BCUT2D eigenvalue weighted by Gasteiger charge is -2.11. The molecule has 0 spiro atoms. The first-order valence-electron chi connectivity index (χ1n) is 7.30. The first-order valence-corrected chi connectivity index (χ1v) is 7.30. The molecule has 1 heterocycles. The van der Waals surface area contributed by atoms with E-state index in [0.29, 0.717) is 0 Å². The summed E-state index contributed by atoms with van der Waals surface area (Å²) in [4.78, 5) is 2.10. The van der Waals surface area contributed by atoms with Gasteiger partial charge in [-0.25, -0.2) is 4.57 Å². The molecule has 0 bridgehead atoms. The number of aryl methyl sites for hydroxylation is 1. The van der Waals surface area contributed by atoms with Crippen LogP contribution >= 0.6 is 0 Å². The molecule has 21 heavy (non-hydrogen) atoms. The van der Waals surface area contributed by atoms with E-state index < -0.39 is 0 Å². The molecule has 0 aliphatic heterocycles. The van der Waals surface area contributed by atoms with Crippen molar-refractivity contribution in [2.24, 2.45) is 0 Å². The first kappa shape index (κ1) is 15.0. The fraction of sp³-hybridized carbons (Fsp3) is 0.211. The number of allylic oxidation sites excluding steroid dienone is 2. The van der Waals surface area contributed by atoms with Crippen molar-refractivity contribution >= 4 is 17.8 Å². The van der Waals surface area contributed by atoms with Gasteiger partial charge in [0.1, 0.15) is 6.54 Å². The van der Waals surface area contributed by atoms with Crippen molar-refractivity contribution in [3.8, 4) is 0 Å². The maximum atomic E-state index is 2.17. The van der Waals surface area contributed by atoms with Crippen molar-refractivity contribution in [1.82, 2.24) is 0 Å². The second kappa shape index (κ2) is 7.44. The van der Waals surface area contributed by atoms with E-state index in [1.54, 1.807) is 0 Å². The van der Waals surface area contributed by atoms with Crippen LogP contribution in [0.25, 0.3) is 12.2 Å². The molecule has 2 aromatic rings. The SMILES string of the molecule is CC[n+]1cccc(/C=C/C=C/c2ccc(N(C)C)cc2)c1. The van der Waals surface area contributed by atoms with Crippen molar-refractivity contribution < 1.29 is 4.57 Å². The highest BCUT2D eigenvalue weighted by atomic mass is 15.1. The first-order chi connectivity index (χ1) is 10.2. The van der Waals surface area contributed by atoms with E-state index in [9.17, 15) is 0 Å². The molecule has 2 heteroatoms. The van der Waals surface area contributed by atoms with Gasteiger partial charge in [0.15, 0.2) is 12.4 Å². The smallest absolute Gasteiger partial charge is 0.176 e. The fourth-order valence-corrected chi connectivity index (χ4v) is 2.05. The molecular weight excluding hydrogens is 256 g/mol. The molecular formula is C19H23N2+. The van der Waals surface area contributed by atoms with E-state index in [1.807, 2.05) is 0 Å². The average Bonchev–Trinajstić information content (AvgIpc) is 2.52. The largest absolute Gasteiger partial charge is 0.378 e. The lowest BCUT2D eigenvalue weighted by Crippen LogP contribution is -2.31. The predicted octanol–water partition coefficient (Wildman–Crippen LogP) is 3.79. The van der Waals surface area contributed by atoms with Crippen molar-refractivity contribution in [3.05, 3.63) is 72.1 Å². The zero-order valence-electron chi connectivity index (χ0n) is 13.0. The number of anilines is 1. The average molecular weight is 279 g/mol. The Morgan fingerprint density at radius 2 is 1.62 bits per heavy atom. The number of nitrogens with zero attached hydrogens (tertiary/aromatic N) is 2. The van der Waals surface area contributed by atoms with Crippen molar-refractivity contribution in [2.45, 2.75) is 13.5 Å². The topological polar surface area (TPSA) is 7.12 Å². The Kier molecular flexibility index (Phi) is 5.33. The molecule has 1 aromatic heterocycles. The van der Waals surface area contributed by atoms with E-state index >= 15 is 0 Å². The monoisotopic (exact) mass is 279 g/mol. The van der Waals surface area contributed by atoms with E-state index in [0.717, 1.165) is 6.54 Å². The van der Waals surface area contributed by atoms with Crippen LogP contribution in [0.5, 0.6) is 0 Å². The molecule has 0 radical (unpaired) electrons. The number of hydrogen-bond acceptors (Lipinski definition) is 1. The summed E-state index contributed by atoms with van der Waals surface area (Å²) in [7, 11) is 4.10. The highest BCUT2D eigenvalue weighted by Crippen LogP contribution is 2.13. The van der Waals surface area contributed by atoms with E-state index in [-0.39, 0.29) is 0 Å². The van der Waals surface area contributed by atoms with Gasteiger partial charge in [0.25, 0.3) is 0 Å². The molecule has 0 aliphatic carbocycles. The van der Waals surface area contributed by atoms with Crippen LogP contribution in [0.1, 0.15) is 18.1 Å². The third-order valence-electron chi connectivity index (χ3n) is 3.34. The molecule has 1 aromatic carbocycles. The number of aromatic nitrogens is 1. The zero-order chi connectivity index (χ0) is 15.1. The Balaban J connectivity index is 1.99. The zero-order valence-corrected chi connectivity index (χ0v) is 13.0. The summed E-state index contributed by atoms with van der Waals surface area (Å²) in [5, 5.41) is 0. The molecule has 2 nitrogen and oxygen atoms in total. The number of hydrogen-bond donors (Lipinski definition) is 0. The van der Waals surface area contributed by atoms with Gasteiger partial charge in [-0.05, 0) is 36.8 Å². The van der Waals surface area contributed by atoms with Gasteiger partial charge in [-0.1, -0.05) is 30.4 Å². The van der Waals surface area contributed by atoms with Gasteiger partial charge in [0.05, 0.1) is 0 Å². The standard InChI is InChI=1S/C19H23N2/c1-4-21-15-7-10-18(16-21)9-6-5-8-17-11-13-19(14-12-17)20(2)3/h5-16H,4H2,1-3H3/q+1/b8-5+,9-6+. The summed E-state index contributed by atoms with van der Waals surface area (Å²) in [5.41, 5.74) is 3.64. The number of pyridine rings is 1. The second-order valence-corrected chi connectivity index (χ2v) is 5.17. The Labute approximate surface area is 127 Å². The van der Waals surface area contributed by atoms with Crippen LogP contribution in [0.2, 0.25) is 0 Å². The quantitative estimate of drug-likeness (QED) is 0.596. The minimum atomic E-state index is 0.996. The molecule has 0 saturated carbocycles. The van der Waals surface area contributed by atoms with Crippen LogP contribution in [0.15, 0.2) is 60.9 Å². The van der Waals surface area contributed by atoms with Crippen molar-refractivity contribution in [2.75, 3.05) is 19.0 Å². The second-order valence-electron chi connectivity index (χ2n) is 5.17. The molecule has 0 fully saturated rings. The van der Waals surface area contributed by atoms with Crippen LogP contribution < -0.4 is 9.47 Å². The van der Waals surface area contributed by atoms with E-state index in [2.05, 4.69) is 104 Å². The molecule has 0 N–H and O–H groups in total. The van der Waals surface area contributed by atoms with Gasteiger partial charge in [-0.3, -0.25) is 0 Å². The summed E-state index contributed by atoms with van der Waals surface area (Å²) in [6.07, 6.45) is 12.6. The minimum Gasteiger partial charge on any atom is -0.378 e. The molecule has 0 unspecified atom stereocenters. The van der Waals surface area contributed by atoms with Gasteiger partial charge in [-0.2, -0.15) is 0 Å². The summed E-state index contributed by atoms with van der Waals surface area (Å²) < 4.78 is 2.17. The summed E-state index contributed by atoms with van der Waals surface area (Å²) in [6.45, 7) is 3.14.